The van der Waals surface area contributed by atoms with E-state index in [1.807, 2.05) is 35.8 Å². The molecule has 26 heavy (non-hydrogen) atoms. The summed E-state index contributed by atoms with van der Waals surface area (Å²) in [6, 6.07) is 12.1. The van der Waals surface area contributed by atoms with Gasteiger partial charge in [0, 0.05) is 12.1 Å². The number of aromatic nitrogens is 1. The lowest BCUT2D eigenvalue weighted by Gasteiger charge is -2.07. The molecule has 0 bridgehead atoms. The van der Waals surface area contributed by atoms with Crippen molar-refractivity contribution in [1.82, 2.24) is 4.57 Å². The van der Waals surface area contributed by atoms with Crippen LogP contribution in [0.2, 0.25) is 0 Å². The number of rotatable bonds is 5. The van der Waals surface area contributed by atoms with Crippen molar-refractivity contribution in [3.05, 3.63) is 70.5 Å². The third-order valence-electron chi connectivity index (χ3n) is 4.15. The monoisotopic (exact) mass is 366 g/mol. The predicted molar refractivity (Wildman–Crippen MR) is 107 cm³/mol. The Balaban J connectivity index is 2.01. The van der Waals surface area contributed by atoms with E-state index in [1.165, 1.54) is 16.9 Å². The van der Waals surface area contributed by atoms with Gasteiger partial charge in [-0.25, -0.2) is 0 Å². The molecule has 1 amide bonds. The molecule has 134 valence electrons. The fourth-order valence-electron chi connectivity index (χ4n) is 2.93. The first-order valence-corrected chi connectivity index (χ1v) is 9.25. The first kappa shape index (κ1) is 18.1. The highest BCUT2D eigenvalue weighted by molar-refractivity contribution is 7.16. The number of fused-ring (bicyclic) bond motifs is 1. The molecule has 0 aliphatic carbocycles. The number of benzene rings is 2. The number of hydrogen-bond donors (Lipinski definition) is 0. The highest BCUT2D eigenvalue weighted by Crippen LogP contribution is 2.21. The van der Waals surface area contributed by atoms with Crippen LogP contribution in [0.1, 0.15) is 16.7 Å². The van der Waals surface area contributed by atoms with Gasteiger partial charge >= 0.3 is 0 Å². The van der Waals surface area contributed by atoms with Crippen LogP contribution in [-0.2, 0) is 17.8 Å². The van der Waals surface area contributed by atoms with Gasteiger partial charge in [0.25, 0.3) is 5.91 Å². The Labute approximate surface area is 157 Å². The topological polar surface area (TPSA) is 43.6 Å². The van der Waals surface area contributed by atoms with Crippen LogP contribution in [0, 0.1) is 13.8 Å². The minimum absolute atomic E-state index is 0.185. The molecule has 0 saturated carbocycles. The zero-order valence-corrected chi connectivity index (χ0v) is 16.1. The number of carbonyl (C=O) groups is 1. The molecule has 1 heterocycles. The molecular formula is C21H22N2O2S. The average Bonchev–Trinajstić information content (AvgIpc) is 2.91. The lowest BCUT2D eigenvalue weighted by Crippen LogP contribution is -2.17. The smallest absolute Gasteiger partial charge is 0.252 e. The molecule has 1 aromatic heterocycles. The van der Waals surface area contributed by atoms with Crippen molar-refractivity contribution in [1.29, 1.82) is 0 Å². The summed E-state index contributed by atoms with van der Waals surface area (Å²) in [5, 5.41) is 0. The van der Waals surface area contributed by atoms with Crippen LogP contribution in [0.3, 0.4) is 0 Å². The van der Waals surface area contributed by atoms with Gasteiger partial charge in [0.2, 0.25) is 0 Å². The summed E-state index contributed by atoms with van der Waals surface area (Å²) in [5.74, 6) is 0.528. The number of thiazole rings is 1. The normalized spacial score (nSPS) is 11.7. The third-order valence-corrected chi connectivity index (χ3v) is 5.19. The van der Waals surface area contributed by atoms with Crippen molar-refractivity contribution in [2.75, 3.05) is 7.11 Å². The van der Waals surface area contributed by atoms with Gasteiger partial charge in [-0.15, -0.1) is 6.58 Å². The van der Waals surface area contributed by atoms with E-state index in [0.29, 0.717) is 17.1 Å². The summed E-state index contributed by atoms with van der Waals surface area (Å²) in [7, 11) is 1.61. The minimum Gasteiger partial charge on any atom is -0.496 e. The maximum absolute atomic E-state index is 12.6. The van der Waals surface area contributed by atoms with Gasteiger partial charge in [-0.2, -0.15) is 4.99 Å². The summed E-state index contributed by atoms with van der Waals surface area (Å²) < 4.78 is 8.51. The number of ether oxygens (including phenoxy) is 1. The molecular weight excluding hydrogens is 344 g/mol. The zero-order valence-electron chi connectivity index (χ0n) is 15.3. The molecule has 0 aliphatic heterocycles. The second-order valence-electron chi connectivity index (χ2n) is 6.25. The standard InChI is InChI=1S/C21H22N2O2S/c1-5-10-23-17-8-6-15(3)12-19(17)26-21(23)22-20(24)13-16-11-14(2)7-9-18(16)25-4/h5-9,11-12H,1,10,13H2,2-4H3. The van der Waals surface area contributed by atoms with Crippen LogP contribution in [0.15, 0.2) is 54.0 Å². The van der Waals surface area contributed by atoms with Crippen LogP contribution in [0.25, 0.3) is 10.2 Å². The number of carbonyl (C=O) groups excluding carboxylic acids is 1. The minimum atomic E-state index is -0.185. The lowest BCUT2D eigenvalue weighted by atomic mass is 10.1. The van der Waals surface area contributed by atoms with Crippen LogP contribution >= 0.6 is 11.3 Å². The number of aryl methyl sites for hydroxylation is 2. The molecule has 4 nitrogen and oxygen atoms in total. The SMILES string of the molecule is C=CCn1c(=NC(=O)Cc2cc(C)ccc2OC)sc2cc(C)ccc21. The van der Waals surface area contributed by atoms with Crippen molar-refractivity contribution in [2.45, 2.75) is 26.8 Å². The van der Waals surface area contributed by atoms with Gasteiger partial charge in [-0.05, 0) is 37.6 Å². The van der Waals surface area contributed by atoms with Gasteiger partial charge in [-0.3, -0.25) is 4.79 Å². The number of hydrogen-bond acceptors (Lipinski definition) is 3. The summed E-state index contributed by atoms with van der Waals surface area (Å²) in [5.41, 5.74) is 4.20. The maximum Gasteiger partial charge on any atom is 0.252 e. The Hall–Kier alpha value is -2.66. The second-order valence-corrected chi connectivity index (χ2v) is 7.26. The first-order valence-electron chi connectivity index (χ1n) is 8.44. The van der Waals surface area contributed by atoms with Crippen molar-refractivity contribution in [3.63, 3.8) is 0 Å². The Bertz CT molecular complexity index is 1040. The maximum atomic E-state index is 12.6. The van der Waals surface area contributed by atoms with Crippen LogP contribution in [-0.4, -0.2) is 17.6 Å². The number of allylic oxidation sites excluding steroid dienone is 1. The Kier molecular flexibility index (Phi) is 5.38. The fourth-order valence-corrected chi connectivity index (χ4v) is 4.08. The van der Waals surface area contributed by atoms with Gasteiger partial charge in [0.05, 0.1) is 23.7 Å². The molecule has 0 N–H and O–H groups in total. The van der Waals surface area contributed by atoms with Crippen molar-refractivity contribution in [3.8, 4) is 5.75 Å². The third kappa shape index (κ3) is 3.78. The number of amides is 1. The highest BCUT2D eigenvalue weighted by Gasteiger charge is 2.11. The summed E-state index contributed by atoms with van der Waals surface area (Å²) in [6.07, 6.45) is 2.03. The van der Waals surface area contributed by atoms with Crippen LogP contribution in [0.5, 0.6) is 5.75 Å². The summed E-state index contributed by atoms with van der Waals surface area (Å²) in [6.45, 7) is 8.49. The van der Waals surface area contributed by atoms with Crippen LogP contribution in [0.4, 0.5) is 0 Å². The average molecular weight is 366 g/mol. The van der Waals surface area contributed by atoms with Crippen molar-refractivity contribution in [2.24, 2.45) is 4.99 Å². The van der Waals surface area contributed by atoms with Crippen LogP contribution < -0.4 is 9.54 Å². The lowest BCUT2D eigenvalue weighted by molar-refractivity contribution is -0.117. The molecule has 0 fully saturated rings. The summed E-state index contributed by atoms with van der Waals surface area (Å²) in [4.78, 5) is 17.7. The Morgan fingerprint density at radius 1 is 1.23 bits per heavy atom. The van der Waals surface area contributed by atoms with E-state index in [2.05, 4.69) is 36.7 Å². The largest absolute Gasteiger partial charge is 0.496 e. The molecule has 5 heteroatoms. The molecule has 0 spiro atoms. The first-order chi connectivity index (χ1) is 12.5. The molecule has 0 aliphatic rings. The molecule has 3 aromatic rings. The molecule has 0 unspecified atom stereocenters. The van der Waals surface area contributed by atoms with E-state index in [1.54, 1.807) is 7.11 Å². The van der Waals surface area contributed by atoms with E-state index < -0.39 is 0 Å². The zero-order chi connectivity index (χ0) is 18.7. The van der Waals surface area contributed by atoms with E-state index in [4.69, 9.17) is 4.74 Å². The molecule has 0 radical (unpaired) electrons. The Morgan fingerprint density at radius 2 is 1.96 bits per heavy atom. The quantitative estimate of drug-likeness (QED) is 0.636. The number of nitrogens with zero attached hydrogens (tertiary/aromatic N) is 2. The van der Waals surface area contributed by atoms with Gasteiger partial charge < -0.3 is 9.30 Å². The van der Waals surface area contributed by atoms with Gasteiger partial charge in [0.1, 0.15) is 5.75 Å². The molecule has 0 saturated heterocycles. The number of methoxy groups -OCH3 is 1. The van der Waals surface area contributed by atoms with E-state index in [-0.39, 0.29) is 12.3 Å². The van der Waals surface area contributed by atoms with E-state index in [0.717, 1.165) is 21.3 Å². The molecule has 0 atom stereocenters. The van der Waals surface area contributed by atoms with Gasteiger partial charge in [0.15, 0.2) is 4.80 Å². The van der Waals surface area contributed by atoms with Crippen molar-refractivity contribution < 1.29 is 9.53 Å². The predicted octanol–water partition coefficient (Wildman–Crippen LogP) is 4.18. The van der Waals surface area contributed by atoms with E-state index in [9.17, 15) is 4.79 Å². The molecule has 3 rings (SSSR count). The second kappa shape index (κ2) is 7.70. The molecule has 2 aromatic carbocycles. The van der Waals surface area contributed by atoms with Gasteiger partial charge in [-0.1, -0.05) is 41.2 Å². The highest BCUT2D eigenvalue weighted by atomic mass is 32.1. The van der Waals surface area contributed by atoms with E-state index >= 15 is 0 Å². The fraction of sp³-hybridized carbons (Fsp3) is 0.238. The summed E-state index contributed by atoms with van der Waals surface area (Å²) >= 11 is 1.53. The Morgan fingerprint density at radius 3 is 2.69 bits per heavy atom. The van der Waals surface area contributed by atoms with Crippen molar-refractivity contribution >= 4 is 27.5 Å².